The highest BCUT2D eigenvalue weighted by Crippen LogP contribution is 2.33. The van der Waals surface area contributed by atoms with Gasteiger partial charge in [0.1, 0.15) is 11.6 Å². The van der Waals surface area contributed by atoms with Crippen molar-refractivity contribution in [3.8, 4) is 0 Å². The van der Waals surface area contributed by atoms with Gasteiger partial charge in [0, 0.05) is 42.9 Å². The quantitative estimate of drug-likeness (QED) is 0.506. The Hall–Kier alpha value is -3.40. The third-order valence-electron chi connectivity index (χ3n) is 5.76. The van der Waals surface area contributed by atoms with Crippen molar-refractivity contribution in [3.05, 3.63) is 70.4 Å². The molecule has 1 aliphatic rings. The van der Waals surface area contributed by atoms with Gasteiger partial charge in [0.05, 0.1) is 16.9 Å². The first-order chi connectivity index (χ1) is 16.1. The fourth-order valence-corrected chi connectivity index (χ4v) is 3.95. The topological polar surface area (TPSA) is 80.2 Å². The standard InChI is InChI=1S/C24H26F3N6O/c1-15(2)21-30-19-11-14-33(23-20(32(3)34)5-4-12-28-23)13-10-18(19)22(31-21)29-17-8-6-16(7-9-17)24(25,26)27/h4-9,12,15H,10-11,13-14H2,1-3H3,(H,29,30,31)/q-1. The maximum absolute atomic E-state index is 12.9. The molecule has 180 valence electrons. The molecule has 0 spiro atoms. The lowest BCUT2D eigenvalue weighted by molar-refractivity contribution is -0.137. The van der Waals surface area contributed by atoms with E-state index in [-0.39, 0.29) is 5.92 Å². The van der Waals surface area contributed by atoms with Crippen molar-refractivity contribution in [2.45, 2.75) is 38.8 Å². The Labute approximate surface area is 196 Å². The number of pyridine rings is 1. The number of fused-ring (bicyclic) bond motifs is 1. The predicted molar refractivity (Wildman–Crippen MR) is 126 cm³/mol. The molecule has 0 bridgehead atoms. The molecule has 2 aromatic heterocycles. The zero-order chi connectivity index (χ0) is 24.5. The fourth-order valence-electron chi connectivity index (χ4n) is 3.95. The van der Waals surface area contributed by atoms with Crippen molar-refractivity contribution in [1.29, 1.82) is 0 Å². The van der Waals surface area contributed by atoms with Crippen molar-refractivity contribution in [3.63, 3.8) is 0 Å². The first-order valence-electron chi connectivity index (χ1n) is 11.1. The smallest absolute Gasteiger partial charge is 0.416 e. The van der Waals surface area contributed by atoms with Crippen molar-refractivity contribution in [2.24, 2.45) is 0 Å². The van der Waals surface area contributed by atoms with E-state index in [1.807, 2.05) is 13.8 Å². The molecule has 10 heteroatoms. The Balaban J connectivity index is 1.65. The molecule has 0 fully saturated rings. The van der Waals surface area contributed by atoms with E-state index < -0.39 is 11.7 Å². The van der Waals surface area contributed by atoms with E-state index in [1.54, 1.807) is 18.3 Å². The second-order valence-corrected chi connectivity index (χ2v) is 8.54. The average molecular weight is 472 g/mol. The van der Waals surface area contributed by atoms with Crippen LogP contribution in [0.15, 0.2) is 42.6 Å². The van der Waals surface area contributed by atoms with Gasteiger partial charge in [-0.1, -0.05) is 13.8 Å². The first-order valence-corrected chi connectivity index (χ1v) is 11.1. The minimum Gasteiger partial charge on any atom is -0.758 e. The lowest BCUT2D eigenvalue weighted by atomic mass is 10.1. The first kappa shape index (κ1) is 23.7. The van der Waals surface area contributed by atoms with Crippen LogP contribution in [0.3, 0.4) is 0 Å². The third-order valence-corrected chi connectivity index (χ3v) is 5.76. The van der Waals surface area contributed by atoms with Crippen LogP contribution >= 0.6 is 0 Å². The molecule has 1 N–H and O–H groups in total. The zero-order valence-electron chi connectivity index (χ0n) is 19.2. The van der Waals surface area contributed by atoms with Gasteiger partial charge in [-0.2, -0.15) is 13.2 Å². The van der Waals surface area contributed by atoms with Gasteiger partial charge >= 0.3 is 6.18 Å². The summed E-state index contributed by atoms with van der Waals surface area (Å²) in [5, 5.41) is 16.0. The Bertz CT molecular complexity index is 1150. The zero-order valence-corrected chi connectivity index (χ0v) is 19.2. The number of nitrogens with one attached hydrogen (secondary N) is 1. The van der Waals surface area contributed by atoms with Crippen molar-refractivity contribution in [1.82, 2.24) is 15.0 Å². The van der Waals surface area contributed by atoms with E-state index >= 15 is 0 Å². The monoisotopic (exact) mass is 471 g/mol. The molecule has 1 aliphatic heterocycles. The summed E-state index contributed by atoms with van der Waals surface area (Å²) in [5.74, 6) is 1.95. The van der Waals surface area contributed by atoms with Crippen LogP contribution < -0.4 is 15.3 Å². The Kier molecular flexibility index (Phi) is 6.60. The van der Waals surface area contributed by atoms with Crippen LogP contribution in [0.5, 0.6) is 0 Å². The van der Waals surface area contributed by atoms with Crippen molar-refractivity contribution in [2.75, 3.05) is 35.4 Å². The largest absolute Gasteiger partial charge is 0.758 e. The minimum absolute atomic E-state index is 0.0781. The molecule has 0 saturated carbocycles. The molecule has 0 saturated heterocycles. The number of halogens is 3. The summed E-state index contributed by atoms with van der Waals surface area (Å²) in [6.45, 7) is 5.21. The fraction of sp³-hybridized carbons (Fsp3) is 0.375. The van der Waals surface area contributed by atoms with E-state index in [1.165, 1.54) is 19.2 Å². The van der Waals surface area contributed by atoms with Gasteiger partial charge in [-0.15, -0.1) is 0 Å². The summed E-state index contributed by atoms with van der Waals surface area (Å²) in [4.78, 5) is 16.0. The SMILES string of the molecule is CC(C)c1nc2c(c(Nc3ccc(C(F)(F)F)cc3)n1)CCN(c1ncccc1N(C)[O-])CC2. The van der Waals surface area contributed by atoms with Crippen LogP contribution in [0.1, 0.15) is 42.4 Å². The number of anilines is 4. The minimum atomic E-state index is -4.39. The highest BCUT2D eigenvalue weighted by molar-refractivity contribution is 5.68. The highest BCUT2D eigenvalue weighted by atomic mass is 19.4. The summed E-state index contributed by atoms with van der Waals surface area (Å²) in [6.07, 6.45) is -1.51. The third kappa shape index (κ3) is 5.06. The van der Waals surface area contributed by atoms with Crippen LogP contribution in [-0.2, 0) is 19.0 Å². The van der Waals surface area contributed by atoms with Gasteiger partial charge in [0.2, 0.25) is 0 Å². The Morgan fingerprint density at radius 3 is 2.41 bits per heavy atom. The molecular weight excluding hydrogens is 445 g/mol. The van der Waals surface area contributed by atoms with Gasteiger partial charge in [0.25, 0.3) is 0 Å². The molecule has 7 nitrogen and oxygen atoms in total. The molecule has 0 aliphatic carbocycles. The maximum Gasteiger partial charge on any atom is 0.416 e. The number of aromatic nitrogens is 3. The lowest BCUT2D eigenvalue weighted by Crippen LogP contribution is -2.28. The summed E-state index contributed by atoms with van der Waals surface area (Å²) in [5.41, 5.74) is 2.12. The van der Waals surface area contributed by atoms with E-state index in [2.05, 4.69) is 15.2 Å². The molecule has 1 aromatic carbocycles. The molecule has 0 radical (unpaired) electrons. The molecule has 3 aromatic rings. The second kappa shape index (κ2) is 9.46. The van der Waals surface area contributed by atoms with Crippen LogP contribution in [0.25, 0.3) is 0 Å². The van der Waals surface area contributed by atoms with Crippen molar-refractivity contribution < 1.29 is 13.2 Å². The van der Waals surface area contributed by atoms with Gasteiger partial charge in [-0.05, 0) is 49.9 Å². The number of rotatable bonds is 5. The van der Waals surface area contributed by atoms with Gasteiger partial charge in [-0.3, -0.25) is 0 Å². The molecule has 0 atom stereocenters. The van der Waals surface area contributed by atoms with Gasteiger partial charge < -0.3 is 20.5 Å². The molecular formula is C24H26F3N6O-. The normalized spacial score (nSPS) is 14.1. The lowest BCUT2D eigenvalue weighted by Gasteiger charge is -2.31. The van der Waals surface area contributed by atoms with Crippen LogP contribution in [0.2, 0.25) is 0 Å². The number of nitrogens with zero attached hydrogens (tertiary/aromatic N) is 5. The van der Waals surface area contributed by atoms with Gasteiger partial charge in [-0.25, -0.2) is 15.0 Å². The van der Waals surface area contributed by atoms with Crippen LogP contribution in [0, 0.1) is 5.21 Å². The van der Waals surface area contributed by atoms with Crippen LogP contribution in [-0.4, -0.2) is 35.1 Å². The van der Waals surface area contributed by atoms with Gasteiger partial charge in [0.15, 0.2) is 5.82 Å². The Morgan fingerprint density at radius 2 is 1.76 bits per heavy atom. The number of alkyl halides is 3. The van der Waals surface area contributed by atoms with E-state index in [0.29, 0.717) is 54.8 Å². The summed E-state index contributed by atoms with van der Waals surface area (Å²) >= 11 is 0. The summed E-state index contributed by atoms with van der Waals surface area (Å²) < 4.78 is 38.8. The number of hydroxylamine groups is 1. The maximum atomic E-state index is 12.9. The highest BCUT2D eigenvalue weighted by Gasteiger charge is 2.30. The molecule has 0 unspecified atom stereocenters. The van der Waals surface area contributed by atoms with Crippen LogP contribution in [0.4, 0.5) is 36.2 Å². The molecule has 34 heavy (non-hydrogen) atoms. The second-order valence-electron chi connectivity index (χ2n) is 8.54. The number of hydrogen-bond acceptors (Lipinski definition) is 7. The Morgan fingerprint density at radius 1 is 1.06 bits per heavy atom. The number of hydrogen-bond donors (Lipinski definition) is 1. The van der Waals surface area contributed by atoms with Crippen molar-refractivity contribution >= 4 is 23.0 Å². The number of benzene rings is 1. The molecule has 0 amide bonds. The summed E-state index contributed by atoms with van der Waals surface area (Å²) in [7, 11) is 1.44. The van der Waals surface area contributed by atoms with E-state index in [9.17, 15) is 18.4 Å². The molecule has 3 heterocycles. The predicted octanol–water partition coefficient (Wildman–Crippen LogP) is 5.30. The summed E-state index contributed by atoms with van der Waals surface area (Å²) in [6, 6.07) is 8.37. The van der Waals surface area contributed by atoms with E-state index in [4.69, 9.17) is 9.97 Å². The average Bonchev–Trinajstić information content (AvgIpc) is 3.01. The molecule has 4 rings (SSSR count). The van der Waals surface area contributed by atoms with E-state index in [0.717, 1.165) is 28.5 Å².